The second kappa shape index (κ2) is 10.7. The van der Waals surface area contributed by atoms with Gasteiger partial charge in [0.2, 0.25) is 0 Å². The summed E-state index contributed by atoms with van der Waals surface area (Å²) in [4.78, 5) is 13.7. The second-order valence-corrected chi connectivity index (χ2v) is 9.12. The van der Waals surface area contributed by atoms with Gasteiger partial charge in [-0.1, -0.05) is 60.7 Å². The van der Waals surface area contributed by atoms with E-state index in [2.05, 4.69) is 41.4 Å². The van der Waals surface area contributed by atoms with E-state index in [9.17, 15) is 0 Å². The summed E-state index contributed by atoms with van der Waals surface area (Å²) < 4.78 is 10.7. The maximum atomic E-state index is 5.35. The molecule has 2 heterocycles. The van der Waals surface area contributed by atoms with Gasteiger partial charge in [0.25, 0.3) is 0 Å². The molecule has 5 nitrogen and oxygen atoms in total. The number of ether oxygens (including phenoxy) is 2. The Morgan fingerprint density at radius 3 is 1.77 bits per heavy atom. The Kier molecular flexibility index (Phi) is 6.62. The molecule has 4 aromatic carbocycles. The lowest BCUT2D eigenvalue weighted by Gasteiger charge is -2.04. The van der Waals surface area contributed by atoms with Gasteiger partial charge in [0.15, 0.2) is 5.84 Å². The van der Waals surface area contributed by atoms with Gasteiger partial charge in [0.05, 0.1) is 19.9 Å². The van der Waals surface area contributed by atoms with Crippen molar-refractivity contribution in [3.8, 4) is 33.9 Å². The maximum Gasteiger partial charge on any atom is 0.162 e. The van der Waals surface area contributed by atoms with Crippen molar-refractivity contribution in [1.29, 1.82) is 0 Å². The molecule has 1 aromatic heterocycles. The van der Waals surface area contributed by atoms with Crippen LogP contribution in [-0.4, -0.2) is 30.8 Å². The lowest BCUT2D eigenvalue weighted by molar-refractivity contribution is 0.414. The lowest BCUT2D eigenvalue weighted by Crippen LogP contribution is -1.96. The van der Waals surface area contributed by atoms with Crippen LogP contribution in [0.2, 0.25) is 0 Å². The summed E-state index contributed by atoms with van der Waals surface area (Å²) in [6, 6.07) is 38.6. The van der Waals surface area contributed by atoms with E-state index in [4.69, 9.17) is 19.5 Å². The summed E-state index contributed by atoms with van der Waals surface area (Å²) in [5.74, 6) is 3.04. The van der Waals surface area contributed by atoms with Gasteiger partial charge in [-0.15, -0.1) is 0 Å². The number of hydrogen-bond acceptors (Lipinski definition) is 3. The molecule has 0 saturated heterocycles. The lowest BCUT2D eigenvalue weighted by atomic mass is 10.0. The molecule has 6 rings (SSSR count). The quantitative estimate of drug-likeness (QED) is 0.242. The predicted octanol–water partition coefficient (Wildman–Crippen LogP) is 7.98. The summed E-state index contributed by atoms with van der Waals surface area (Å²) in [6.45, 7) is 0. The molecule has 0 saturated carbocycles. The minimum Gasteiger partial charge on any atom is -0.497 e. The van der Waals surface area contributed by atoms with Gasteiger partial charge >= 0.3 is 0 Å². The first kappa shape index (κ1) is 24.2. The molecule has 0 bridgehead atoms. The third kappa shape index (κ3) is 5.03. The molecule has 5 heteroatoms. The molecule has 5 aromatic rings. The van der Waals surface area contributed by atoms with Crippen molar-refractivity contribution in [1.82, 2.24) is 4.98 Å². The van der Waals surface area contributed by atoms with E-state index >= 15 is 0 Å². The molecule has 1 N–H and O–H groups in total. The Labute approximate surface area is 227 Å². The van der Waals surface area contributed by atoms with E-state index in [1.165, 1.54) is 0 Å². The molecular weight excluding hydrogens is 482 g/mol. The van der Waals surface area contributed by atoms with Crippen LogP contribution < -0.4 is 9.47 Å². The van der Waals surface area contributed by atoms with Crippen LogP contribution in [0.5, 0.6) is 11.5 Å². The molecule has 0 radical (unpaired) electrons. The average Bonchev–Trinajstić information content (AvgIpc) is 3.63. The van der Waals surface area contributed by atoms with Crippen LogP contribution in [0, 0.1) is 0 Å². The van der Waals surface area contributed by atoms with E-state index < -0.39 is 0 Å². The summed E-state index contributed by atoms with van der Waals surface area (Å²) in [5.41, 5.74) is 8.00. The number of rotatable bonds is 7. The largest absolute Gasteiger partial charge is 0.497 e. The number of benzene rings is 4. The first-order valence-corrected chi connectivity index (χ1v) is 12.7. The Morgan fingerprint density at radius 1 is 0.615 bits per heavy atom. The van der Waals surface area contributed by atoms with Crippen LogP contribution in [0.4, 0.5) is 5.82 Å². The zero-order valence-electron chi connectivity index (χ0n) is 21.8. The van der Waals surface area contributed by atoms with Crippen molar-refractivity contribution >= 4 is 22.9 Å². The maximum absolute atomic E-state index is 5.35. The van der Waals surface area contributed by atoms with E-state index in [-0.39, 0.29) is 0 Å². The highest BCUT2D eigenvalue weighted by atomic mass is 16.5. The number of hydrogen-bond donors (Lipinski definition) is 1. The zero-order valence-corrected chi connectivity index (χ0v) is 21.8. The van der Waals surface area contributed by atoms with Crippen molar-refractivity contribution in [2.45, 2.75) is 0 Å². The number of H-pyrrole nitrogens is 1. The standard InChI is InChI=1S/C34H27N3O2/c1-38-27-17-13-25(14-18-27)31-21-29(23-9-5-3-6-10-23)33(35-31)37-34-30(24-11-7-4-8-12-24)22-32(36-34)26-15-19-28(39-2)20-16-26/h3-22,35H,1-2H3/b37-34-. The molecular formula is C34H27N3O2. The summed E-state index contributed by atoms with van der Waals surface area (Å²) in [6.07, 6.45) is 2.10. The minimum absolute atomic E-state index is 0.660. The molecule has 0 spiro atoms. The number of nitrogens with one attached hydrogen (secondary N) is 1. The number of aromatic nitrogens is 1. The fourth-order valence-corrected chi connectivity index (χ4v) is 4.63. The van der Waals surface area contributed by atoms with Crippen LogP contribution >= 0.6 is 0 Å². The number of allylic oxidation sites excluding steroid dienone is 1. The molecule has 1 aliphatic rings. The summed E-state index contributed by atoms with van der Waals surface area (Å²) in [7, 11) is 3.34. The van der Waals surface area contributed by atoms with Crippen molar-refractivity contribution in [3.63, 3.8) is 0 Å². The SMILES string of the molecule is COc1ccc(C2=N/C(=N\c3[nH]c(-c4ccc(OC)cc4)cc3-c3ccccc3)C(c3ccccc3)=C2)cc1. The number of aromatic amines is 1. The number of amidine groups is 1. The van der Waals surface area contributed by atoms with Crippen LogP contribution in [0.1, 0.15) is 11.1 Å². The first-order chi connectivity index (χ1) is 19.2. The minimum atomic E-state index is 0.660. The van der Waals surface area contributed by atoms with Gasteiger partial charge in [-0.3, -0.25) is 0 Å². The van der Waals surface area contributed by atoms with Crippen LogP contribution in [0.15, 0.2) is 131 Å². The smallest absolute Gasteiger partial charge is 0.162 e. The number of aliphatic imine (C=N–C) groups is 2. The molecule has 0 atom stereocenters. The normalized spacial score (nSPS) is 13.7. The predicted molar refractivity (Wildman–Crippen MR) is 159 cm³/mol. The van der Waals surface area contributed by atoms with E-state index in [1.54, 1.807) is 14.2 Å². The van der Waals surface area contributed by atoms with Crippen molar-refractivity contribution in [2.24, 2.45) is 9.98 Å². The molecule has 0 fully saturated rings. The van der Waals surface area contributed by atoms with Gasteiger partial charge in [-0.2, -0.15) is 0 Å². The summed E-state index contributed by atoms with van der Waals surface area (Å²) >= 11 is 0. The Morgan fingerprint density at radius 2 is 1.18 bits per heavy atom. The van der Waals surface area contributed by atoms with Gasteiger partial charge < -0.3 is 14.5 Å². The number of nitrogens with zero attached hydrogens (tertiary/aromatic N) is 2. The average molecular weight is 510 g/mol. The first-order valence-electron chi connectivity index (χ1n) is 12.7. The van der Waals surface area contributed by atoms with Gasteiger partial charge in [0, 0.05) is 22.4 Å². The Balaban J connectivity index is 1.48. The van der Waals surface area contributed by atoms with Crippen LogP contribution in [0.25, 0.3) is 28.0 Å². The van der Waals surface area contributed by atoms with Gasteiger partial charge in [0.1, 0.15) is 17.3 Å². The molecule has 190 valence electrons. The van der Waals surface area contributed by atoms with Crippen molar-refractivity contribution in [2.75, 3.05) is 14.2 Å². The van der Waals surface area contributed by atoms with Crippen molar-refractivity contribution in [3.05, 3.63) is 132 Å². The fourth-order valence-electron chi connectivity index (χ4n) is 4.63. The third-order valence-corrected chi connectivity index (χ3v) is 6.72. The third-order valence-electron chi connectivity index (χ3n) is 6.72. The number of methoxy groups -OCH3 is 2. The molecule has 39 heavy (non-hydrogen) atoms. The van der Waals surface area contributed by atoms with Gasteiger partial charge in [-0.05, 0) is 77.4 Å². The highest BCUT2D eigenvalue weighted by Crippen LogP contribution is 2.37. The molecule has 1 aliphatic heterocycles. The monoisotopic (exact) mass is 509 g/mol. The fraction of sp³-hybridized carbons (Fsp3) is 0.0588. The summed E-state index contributed by atoms with van der Waals surface area (Å²) in [5, 5.41) is 0. The highest BCUT2D eigenvalue weighted by Gasteiger charge is 2.21. The van der Waals surface area contributed by atoms with Crippen LogP contribution in [0.3, 0.4) is 0 Å². The van der Waals surface area contributed by atoms with Crippen LogP contribution in [-0.2, 0) is 0 Å². The van der Waals surface area contributed by atoms with E-state index in [1.807, 2.05) is 84.9 Å². The Bertz CT molecular complexity index is 1680. The highest BCUT2D eigenvalue weighted by molar-refractivity contribution is 6.38. The van der Waals surface area contributed by atoms with Crippen molar-refractivity contribution < 1.29 is 9.47 Å². The second-order valence-electron chi connectivity index (χ2n) is 9.12. The topological polar surface area (TPSA) is 59.0 Å². The molecule has 0 aliphatic carbocycles. The van der Waals surface area contributed by atoms with Gasteiger partial charge in [-0.25, -0.2) is 9.98 Å². The molecule has 0 amide bonds. The Hall–Kier alpha value is -5.16. The van der Waals surface area contributed by atoms with E-state index in [0.717, 1.165) is 62.1 Å². The molecule has 0 unspecified atom stereocenters. The van der Waals surface area contributed by atoms with E-state index in [0.29, 0.717) is 5.84 Å². The zero-order chi connectivity index (χ0) is 26.6.